The van der Waals surface area contributed by atoms with Gasteiger partial charge in [0.1, 0.15) is 0 Å². The lowest BCUT2D eigenvalue weighted by Crippen LogP contribution is -2.49. The molecule has 34 heavy (non-hydrogen) atoms. The minimum absolute atomic E-state index is 0.180. The van der Waals surface area contributed by atoms with Crippen molar-refractivity contribution in [2.24, 2.45) is 5.73 Å². The Hall–Kier alpha value is -2.92. The van der Waals surface area contributed by atoms with Gasteiger partial charge in [-0.2, -0.15) is 0 Å². The summed E-state index contributed by atoms with van der Waals surface area (Å²) in [5.41, 5.74) is 9.92. The van der Waals surface area contributed by atoms with E-state index in [0.29, 0.717) is 25.7 Å². The molecule has 178 valence electrons. The highest BCUT2D eigenvalue weighted by Gasteiger charge is 2.49. The van der Waals surface area contributed by atoms with E-state index >= 15 is 0 Å². The Morgan fingerprint density at radius 1 is 1.09 bits per heavy atom. The van der Waals surface area contributed by atoms with E-state index in [1.54, 1.807) is 30.7 Å². The van der Waals surface area contributed by atoms with Gasteiger partial charge in [0.15, 0.2) is 0 Å². The first-order chi connectivity index (χ1) is 16.0. The van der Waals surface area contributed by atoms with Crippen LogP contribution in [0.25, 0.3) is 11.3 Å². The zero-order chi connectivity index (χ0) is 24.3. The average Bonchev–Trinajstić information content (AvgIpc) is 3.14. The maximum absolute atomic E-state index is 12.8. The maximum Gasteiger partial charge on any atom is 0.242 e. The topological polar surface area (TPSA) is 115 Å². The van der Waals surface area contributed by atoms with E-state index in [9.17, 15) is 8.42 Å². The first-order valence-electron chi connectivity index (χ1n) is 11.0. The average molecular weight is 481 g/mol. The summed E-state index contributed by atoms with van der Waals surface area (Å²) in [6.45, 7) is 5.69. The van der Waals surface area contributed by atoms with Gasteiger partial charge in [-0.3, -0.25) is 4.98 Å². The van der Waals surface area contributed by atoms with Gasteiger partial charge in [-0.15, -0.1) is 0 Å². The van der Waals surface area contributed by atoms with Crippen LogP contribution >= 0.6 is 0 Å². The molecule has 2 aromatic heterocycles. The number of anilines is 2. The van der Waals surface area contributed by atoms with Crippen molar-refractivity contribution in [3.63, 3.8) is 0 Å². The van der Waals surface area contributed by atoms with Gasteiger partial charge in [0.05, 0.1) is 29.2 Å². The van der Waals surface area contributed by atoms with Crippen LogP contribution in [0.15, 0.2) is 53.8 Å². The van der Waals surface area contributed by atoms with Crippen LogP contribution in [0.2, 0.25) is 0 Å². The quantitative estimate of drug-likeness (QED) is 0.592. The standard InChI is InChI=1S/C24H28N6O3S/c1-23(2,25)17-7-8-26-20(9-17)16-11-27-22(28-12-16)30-13-24(14-33-15-24)19-6-5-18(10-21(19)30)34(31,32)29(3)4/h5-12H,13-15,25H2,1-4H3. The molecule has 0 atom stereocenters. The van der Waals surface area contributed by atoms with Crippen molar-refractivity contribution in [2.75, 3.05) is 38.8 Å². The second-order valence-electron chi connectivity index (χ2n) is 9.75. The Balaban J connectivity index is 1.52. The molecule has 1 aromatic carbocycles. The highest BCUT2D eigenvalue weighted by Crippen LogP contribution is 2.48. The van der Waals surface area contributed by atoms with E-state index in [4.69, 9.17) is 10.5 Å². The Morgan fingerprint density at radius 2 is 1.79 bits per heavy atom. The molecule has 3 aromatic rings. The van der Waals surface area contributed by atoms with Crippen LogP contribution in [-0.4, -0.2) is 61.5 Å². The molecule has 10 heteroatoms. The second-order valence-corrected chi connectivity index (χ2v) is 11.9. The largest absolute Gasteiger partial charge is 0.379 e. The van der Waals surface area contributed by atoms with Gasteiger partial charge in [0, 0.05) is 56.0 Å². The van der Waals surface area contributed by atoms with Crippen molar-refractivity contribution in [1.82, 2.24) is 19.3 Å². The summed E-state index contributed by atoms with van der Waals surface area (Å²) >= 11 is 0. The van der Waals surface area contributed by atoms with Crippen LogP contribution < -0.4 is 10.6 Å². The Kier molecular flexibility index (Phi) is 5.25. The summed E-state index contributed by atoms with van der Waals surface area (Å²) in [7, 11) is -0.521. The van der Waals surface area contributed by atoms with Gasteiger partial charge in [-0.05, 0) is 49.2 Å². The molecule has 0 aliphatic carbocycles. The lowest BCUT2D eigenvalue weighted by atomic mass is 9.81. The van der Waals surface area contributed by atoms with E-state index in [0.717, 1.165) is 28.1 Å². The van der Waals surface area contributed by atoms with Gasteiger partial charge in [-0.1, -0.05) is 6.07 Å². The summed E-state index contributed by atoms with van der Waals surface area (Å²) in [6, 6.07) is 9.12. The van der Waals surface area contributed by atoms with E-state index in [1.165, 1.54) is 18.4 Å². The van der Waals surface area contributed by atoms with Crippen LogP contribution in [-0.2, 0) is 25.7 Å². The molecule has 2 aliphatic rings. The molecule has 2 aliphatic heterocycles. The summed E-state index contributed by atoms with van der Waals surface area (Å²) in [4.78, 5) is 15.9. The van der Waals surface area contributed by atoms with Gasteiger partial charge < -0.3 is 15.4 Å². The summed E-state index contributed by atoms with van der Waals surface area (Å²) < 4.78 is 32.3. The molecular formula is C24H28N6O3S. The molecule has 0 unspecified atom stereocenters. The number of ether oxygens (including phenoxy) is 1. The fraction of sp³-hybridized carbons (Fsp3) is 0.375. The first-order valence-corrected chi connectivity index (χ1v) is 12.5. The lowest BCUT2D eigenvalue weighted by molar-refractivity contribution is -0.0507. The van der Waals surface area contributed by atoms with Crippen LogP contribution in [0.5, 0.6) is 0 Å². The molecule has 9 nitrogen and oxygen atoms in total. The maximum atomic E-state index is 12.8. The number of rotatable bonds is 5. The molecule has 0 bridgehead atoms. The van der Waals surface area contributed by atoms with E-state index < -0.39 is 15.6 Å². The summed E-state index contributed by atoms with van der Waals surface area (Å²) in [5, 5.41) is 0. The highest BCUT2D eigenvalue weighted by atomic mass is 32.2. The minimum Gasteiger partial charge on any atom is -0.379 e. The molecular weight excluding hydrogens is 452 g/mol. The molecule has 5 rings (SSSR count). The third-order valence-electron chi connectivity index (χ3n) is 6.51. The Morgan fingerprint density at radius 3 is 2.38 bits per heavy atom. The van der Waals surface area contributed by atoms with Crippen molar-refractivity contribution >= 4 is 21.7 Å². The number of nitrogens with zero attached hydrogens (tertiary/aromatic N) is 5. The number of pyridine rings is 1. The van der Waals surface area contributed by atoms with Crippen molar-refractivity contribution in [3.8, 4) is 11.3 Å². The molecule has 1 saturated heterocycles. The Labute approximate surface area is 199 Å². The molecule has 0 saturated carbocycles. The predicted molar refractivity (Wildman–Crippen MR) is 129 cm³/mol. The molecule has 0 amide bonds. The molecule has 0 radical (unpaired) electrons. The second kappa shape index (κ2) is 7.81. The van der Waals surface area contributed by atoms with E-state index in [-0.39, 0.29) is 10.3 Å². The van der Waals surface area contributed by atoms with Gasteiger partial charge in [0.2, 0.25) is 16.0 Å². The van der Waals surface area contributed by atoms with Crippen molar-refractivity contribution in [2.45, 2.75) is 29.7 Å². The smallest absolute Gasteiger partial charge is 0.242 e. The number of benzene rings is 1. The zero-order valence-electron chi connectivity index (χ0n) is 19.7. The van der Waals surface area contributed by atoms with Gasteiger partial charge in [-0.25, -0.2) is 22.7 Å². The molecule has 1 spiro atoms. The summed E-state index contributed by atoms with van der Waals surface area (Å²) in [5.74, 6) is 0.503. The van der Waals surface area contributed by atoms with Crippen LogP contribution in [0, 0.1) is 0 Å². The van der Waals surface area contributed by atoms with Crippen molar-refractivity contribution < 1.29 is 13.2 Å². The minimum atomic E-state index is -3.57. The van der Waals surface area contributed by atoms with Crippen LogP contribution in [0.4, 0.5) is 11.6 Å². The van der Waals surface area contributed by atoms with E-state index in [1.807, 2.05) is 36.9 Å². The van der Waals surface area contributed by atoms with Crippen molar-refractivity contribution in [3.05, 3.63) is 60.0 Å². The van der Waals surface area contributed by atoms with Gasteiger partial charge in [0.25, 0.3) is 0 Å². The van der Waals surface area contributed by atoms with Crippen LogP contribution in [0.1, 0.15) is 25.0 Å². The SMILES string of the molecule is CN(C)S(=O)(=O)c1ccc2c(c1)N(c1ncc(-c3cc(C(C)(C)N)ccn3)cn1)CC21COC1. The van der Waals surface area contributed by atoms with E-state index in [2.05, 4.69) is 15.0 Å². The third-order valence-corrected chi connectivity index (χ3v) is 8.32. The Bertz CT molecular complexity index is 1350. The normalized spacial score (nSPS) is 17.2. The number of fused-ring (bicyclic) bond motifs is 2. The number of aromatic nitrogens is 3. The lowest BCUT2D eigenvalue weighted by Gasteiger charge is -2.38. The number of hydrogen-bond acceptors (Lipinski definition) is 8. The fourth-order valence-electron chi connectivity index (χ4n) is 4.38. The third kappa shape index (κ3) is 3.67. The number of sulfonamides is 1. The summed E-state index contributed by atoms with van der Waals surface area (Å²) in [6.07, 6.45) is 5.21. The van der Waals surface area contributed by atoms with Crippen molar-refractivity contribution in [1.29, 1.82) is 0 Å². The highest BCUT2D eigenvalue weighted by molar-refractivity contribution is 7.89. The molecule has 1 fully saturated rings. The molecule has 2 N–H and O–H groups in total. The molecule has 4 heterocycles. The number of nitrogens with two attached hydrogens (primary N) is 1. The number of hydrogen-bond donors (Lipinski definition) is 1. The monoisotopic (exact) mass is 480 g/mol. The first kappa shape index (κ1) is 22.9. The zero-order valence-corrected chi connectivity index (χ0v) is 20.5. The fourth-order valence-corrected chi connectivity index (χ4v) is 5.31. The predicted octanol–water partition coefficient (Wildman–Crippen LogP) is 2.40. The van der Waals surface area contributed by atoms with Crippen LogP contribution in [0.3, 0.4) is 0 Å². The van der Waals surface area contributed by atoms with Gasteiger partial charge >= 0.3 is 0 Å².